The zero-order chi connectivity index (χ0) is 25.2. The first-order valence-corrected chi connectivity index (χ1v) is 11.7. The van der Waals surface area contributed by atoms with Crippen LogP contribution >= 0.6 is 0 Å². The lowest BCUT2D eigenvalue weighted by atomic mass is 10.0. The van der Waals surface area contributed by atoms with Crippen molar-refractivity contribution in [1.82, 2.24) is 0 Å². The summed E-state index contributed by atoms with van der Waals surface area (Å²) in [4.78, 5) is 37.9. The summed E-state index contributed by atoms with van der Waals surface area (Å²) in [6, 6.07) is 37.2. The molecular formula is C31H26O5. The lowest BCUT2D eigenvalue weighted by Gasteiger charge is -2.19. The van der Waals surface area contributed by atoms with Gasteiger partial charge in [0.05, 0.1) is 6.42 Å². The first-order chi connectivity index (χ1) is 17.6. The number of esters is 2. The predicted molar refractivity (Wildman–Crippen MR) is 136 cm³/mol. The number of hydrogen-bond acceptors (Lipinski definition) is 5. The van der Waals surface area contributed by atoms with E-state index in [9.17, 15) is 14.4 Å². The maximum atomic E-state index is 12.7. The number of ketones is 1. The third-order valence-corrected chi connectivity index (χ3v) is 5.67. The summed E-state index contributed by atoms with van der Waals surface area (Å²) in [5.41, 5.74) is 3.13. The van der Waals surface area contributed by atoms with Gasteiger partial charge in [-0.15, -0.1) is 0 Å². The summed E-state index contributed by atoms with van der Waals surface area (Å²) >= 11 is 0. The Bertz CT molecular complexity index is 1190. The molecule has 180 valence electrons. The molecule has 0 aliphatic heterocycles. The van der Waals surface area contributed by atoms with E-state index < -0.39 is 29.9 Å². The van der Waals surface area contributed by atoms with Crippen LogP contribution < -0.4 is 0 Å². The summed E-state index contributed by atoms with van der Waals surface area (Å²) in [5.74, 6) is -2.33. The zero-order valence-electron chi connectivity index (χ0n) is 19.7. The maximum Gasteiger partial charge on any atom is 0.375 e. The highest BCUT2D eigenvalue weighted by atomic mass is 16.6. The molecule has 0 aliphatic rings. The molecule has 0 bridgehead atoms. The van der Waals surface area contributed by atoms with Crippen LogP contribution in [0.15, 0.2) is 121 Å². The van der Waals surface area contributed by atoms with E-state index in [4.69, 9.17) is 9.47 Å². The zero-order valence-corrected chi connectivity index (χ0v) is 19.7. The summed E-state index contributed by atoms with van der Waals surface area (Å²) in [6.07, 6.45) is -1.87. The first-order valence-electron chi connectivity index (χ1n) is 11.7. The molecule has 0 unspecified atom stereocenters. The molecule has 0 saturated heterocycles. The second-order valence-corrected chi connectivity index (χ2v) is 8.22. The number of Topliss-reactive ketones (excluding diaryl/α,β-unsaturated/α-hetero) is 1. The van der Waals surface area contributed by atoms with Gasteiger partial charge in [-0.3, -0.25) is 9.59 Å². The van der Waals surface area contributed by atoms with Gasteiger partial charge in [0.2, 0.25) is 5.78 Å². The number of carbonyl (C=O) groups excluding carboxylic acids is 3. The van der Waals surface area contributed by atoms with Crippen LogP contribution in [0, 0.1) is 0 Å². The molecule has 4 rings (SSSR count). The summed E-state index contributed by atoms with van der Waals surface area (Å²) in [6.45, 7) is 0. The van der Waals surface area contributed by atoms with Crippen LogP contribution in [-0.4, -0.2) is 17.7 Å². The lowest BCUT2D eigenvalue weighted by Crippen LogP contribution is -2.22. The van der Waals surface area contributed by atoms with Gasteiger partial charge in [-0.1, -0.05) is 121 Å². The normalized spacial score (nSPS) is 10.7. The van der Waals surface area contributed by atoms with Crippen molar-refractivity contribution in [3.63, 3.8) is 0 Å². The lowest BCUT2D eigenvalue weighted by molar-refractivity contribution is -0.157. The Morgan fingerprint density at radius 3 is 1.17 bits per heavy atom. The molecule has 0 saturated carbocycles. The monoisotopic (exact) mass is 478 g/mol. The molecular weight excluding hydrogens is 452 g/mol. The molecule has 5 nitrogen and oxygen atoms in total. The Morgan fingerprint density at radius 1 is 0.472 bits per heavy atom. The number of hydrogen-bond donors (Lipinski definition) is 0. The van der Waals surface area contributed by atoms with Crippen LogP contribution in [0.25, 0.3) is 0 Å². The molecule has 4 aromatic carbocycles. The highest BCUT2D eigenvalue weighted by Gasteiger charge is 2.25. The number of carbonyl (C=O) groups is 3. The van der Waals surface area contributed by atoms with Gasteiger partial charge in [0.15, 0.2) is 12.2 Å². The van der Waals surface area contributed by atoms with Crippen LogP contribution in [0.2, 0.25) is 0 Å². The second kappa shape index (κ2) is 12.3. The third-order valence-electron chi connectivity index (χ3n) is 5.67. The van der Waals surface area contributed by atoms with Gasteiger partial charge in [0, 0.05) is 6.42 Å². The fourth-order valence-corrected chi connectivity index (χ4v) is 3.85. The minimum absolute atomic E-state index is 0.231. The Hall–Kier alpha value is -4.51. The van der Waals surface area contributed by atoms with Gasteiger partial charge >= 0.3 is 11.9 Å². The average Bonchev–Trinajstić information content (AvgIpc) is 2.95. The van der Waals surface area contributed by atoms with Crippen LogP contribution in [0.1, 0.15) is 47.3 Å². The van der Waals surface area contributed by atoms with E-state index in [1.807, 2.05) is 121 Å². The van der Waals surface area contributed by atoms with E-state index in [2.05, 4.69) is 0 Å². The molecule has 0 heterocycles. The van der Waals surface area contributed by atoms with Gasteiger partial charge < -0.3 is 9.47 Å². The van der Waals surface area contributed by atoms with Crippen LogP contribution in [-0.2, 0) is 23.9 Å². The van der Waals surface area contributed by atoms with Gasteiger partial charge in [-0.25, -0.2) is 4.79 Å². The van der Waals surface area contributed by atoms with Crippen molar-refractivity contribution in [2.24, 2.45) is 0 Å². The van der Waals surface area contributed by atoms with Crippen molar-refractivity contribution in [2.75, 3.05) is 0 Å². The standard InChI is InChI=1S/C31H26O5/c32-27(31(34)36-30(25-17-9-3-10-18-25)26-19-11-4-12-20-26)21-22-28(33)35-29(23-13-5-1-6-14-23)24-15-7-2-8-16-24/h1-20,29-30H,21-22H2. The molecule has 36 heavy (non-hydrogen) atoms. The quantitative estimate of drug-likeness (QED) is 0.206. The van der Waals surface area contributed by atoms with Gasteiger partial charge in [-0.2, -0.15) is 0 Å². The van der Waals surface area contributed by atoms with E-state index in [0.717, 1.165) is 22.3 Å². The van der Waals surface area contributed by atoms with Crippen LogP contribution in [0.4, 0.5) is 0 Å². The van der Waals surface area contributed by atoms with Crippen molar-refractivity contribution >= 4 is 17.7 Å². The summed E-state index contributed by atoms with van der Waals surface area (Å²) < 4.78 is 11.3. The molecule has 0 spiro atoms. The smallest absolute Gasteiger partial charge is 0.375 e. The fourth-order valence-electron chi connectivity index (χ4n) is 3.85. The molecule has 0 aliphatic carbocycles. The van der Waals surface area contributed by atoms with Crippen molar-refractivity contribution in [2.45, 2.75) is 25.0 Å². The Labute approximate surface area is 210 Å². The first kappa shape index (κ1) is 24.6. The van der Waals surface area contributed by atoms with Crippen molar-refractivity contribution in [3.05, 3.63) is 144 Å². The Kier molecular flexibility index (Phi) is 8.39. The Balaban J connectivity index is 1.39. The minimum Gasteiger partial charge on any atom is -0.453 e. The highest BCUT2D eigenvalue weighted by Crippen LogP contribution is 2.28. The fraction of sp³-hybridized carbons (Fsp3) is 0.129. The van der Waals surface area contributed by atoms with E-state index >= 15 is 0 Å². The number of ether oxygens (including phenoxy) is 2. The van der Waals surface area contributed by atoms with Crippen molar-refractivity contribution in [3.8, 4) is 0 Å². The molecule has 4 aromatic rings. The van der Waals surface area contributed by atoms with Gasteiger partial charge in [0.25, 0.3) is 0 Å². The van der Waals surface area contributed by atoms with Crippen LogP contribution in [0.5, 0.6) is 0 Å². The molecule has 0 fully saturated rings. The SMILES string of the molecule is O=C(CCC(=O)C(=O)OC(c1ccccc1)c1ccccc1)OC(c1ccccc1)c1ccccc1. The third kappa shape index (κ3) is 6.54. The summed E-state index contributed by atoms with van der Waals surface area (Å²) in [7, 11) is 0. The van der Waals surface area contributed by atoms with Crippen LogP contribution in [0.3, 0.4) is 0 Å². The molecule has 0 N–H and O–H groups in total. The molecule has 0 amide bonds. The van der Waals surface area contributed by atoms with E-state index in [1.54, 1.807) is 0 Å². The van der Waals surface area contributed by atoms with Gasteiger partial charge in [-0.05, 0) is 22.3 Å². The predicted octanol–water partition coefficient (Wildman–Crippen LogP) is 6.00. The van der Waals surface area contributed by atoms with Crippen molar-refractivity contribution < 1.29 is 23.9 Å². The minimum atomic E-state index is -0.983. The maximum absolute atomic E-state index is 12.7. The molecule has 0 radical (unpaired) electrons. The van der Waals surface area contributed by atoms with E-state index in [-0.39, 0.29) is 12.8 Å². The number of rotatable bonds is 10. The second-order valence-electron chi connectivity index (χ2n) is 8.22. The number of benzene rings is 4. The summed E-state index contributed by atoms with van der Waals surface area (Å²) in [5, 5.41) is 0. The topological polar surface area (TPSA) is 69.7 Å². The average molecular weight is 479 g/mol. The molecule has 0 aromatic heterocycles. The van der Waals surface area contributed by atoms with Gasteiger partial charge in [0.1, 0.15) is 0 Å². The largest absolute Gasteiger partial charge is 0.453 e. The van der Waals surface area contributed by atoms with E-state index in [0.29, 0.717) is 0 Å². The highest BCUT2D eigenvalue weighted by molar-refractivity contribution is 6.33. The van der Waals surface area contributed by atoms with E-state index in [1.165, 1.54) is 0 Å². The molecule has 0 atom stereocenters. The Morgan fingerprint density at radius 2 is 0.806 bits per heavy atom. The molecule has 5 heteroatoms. The van der Waals surface area contributed by atoms with Crippen molar-refractivity contribution in [1.29, 1.82) is 0 Å².